The van der Waals surface area contributed by atoms with Crippen LogP contribution in [-0.2, 0) is 24.2 Å². The number of aromatic nitrogens is 2. The van der Waals surface area contributed by atoms with Crippen LogP contribution >= 0.6 is 0 Å². The topological polar surface area (TPSA) is 75.1 Å². The van der Waals surface area contributed by atoms with Gasteiger partial charge >= 0.3 is 5.97 Å². The minimum atomic E-state index is -0.815. The molecule has 0 unspecified atom stereocenters. The minimum absolute atomic E-state index is 0.0774. The molecule has 0 saturated carbocycles. The summed E-state index contributed by atoms with van der Waals surface area (Å²) in [5.41, 5.74) is 2.16. The molecule has 2 aromatic rings. The van der Waals surface area contributed by atoms with E-state index in [0.29, 0.717) is 6.54 Å². The van der Waals surface area contributed by atoms with E-state index in [9.17, 15) is 9.90 Å². The SMILES string of the molecule is CC[C@@H](C)[C@H](NCc1cnc(CCc2ccccc2)nc1)C(=O)O. The Balaban J connectivity index is 1.86. The maximum absolute atomic E-state index is 11.3. The molecule has 0 aliphatic heterocycles. The second-order valence-electron chi connectivity index (χ2n) is 6.08. The number of rotatable bonds is 9. The highest BCUT2D eigenvalue weighted by atomic mass is 16.4. The minimum Gasteiger partial charge on any atom is -0.480 e. The monoisotopic (exact) mass is 327 g/mol. The molecule has 0 aliphatic carbocycles. The molecule has 2 N–H and O–H groups in total. The zero-order valence-corrected chi connectivity index (χ0v) is 14.3. The summed E-state index contributed by atoms with van der Waals surface area (Å²) in [6.07, 6.45) is 6.07. The Bertz CT molecular complexity index is 629. The van der Waals surface area contributed by atoms with Crippen molar-refractivity contribution in [2.45, 2.75) is 45.7 Å². The molecular formula is C19H25N3O2. The number of hydrogen-bond acceptors (Lipinski definition) is 4. The lowest BCUT2D eigenvalue weighted by Crippen LogP contribution is -2.41. The first kappa shape index (κ1) is 18.1. The van der Waals surface area contributed by atoms with E-state index in [-0.39, 0.29) is 5.92 Å². The van der Waals surface area contributed by atoms with Crippen LogP contribution in [0, 0.1) is 5.92 Å². The summed E-state index contributed by atoms with van der Waals surface area (Å²) in [6.45, 7) is 4.39. The third-order valence-electron chi connectivity index (χ3n) is 4.24. The van der Waals surface area contributed by atoms with Crippen molar-refractivity contribution in [3.8, 4) is 0 Å². The van der Waals surface area contributed by atoms with Crippen molar-refractivity contribution >= 4 is 5.97 Å². The molecule has 128 valence electrons. The van der Waals surface area contributed by atoms with Gasteiger partial charge in [0, 0.05) is 30.9 Å². The van der Waals surface area contributed by atoms with E-state index in [4.69, 9.17) is 0 Å². The van der Waals surface area contributed by atoms with Gasteiger partial charge in [-0.1, -0.05) is 50.6 Å². The normalized spacial score (nSPS) is 13.4. The molecule has 0 spiro atoms. The van der Waals surface area contributed by atoms with Crippen LogP contribution in [0.2, 0.25) is 0 Å². The Morgan fingerprint density at radius 1 is 1.12 bits per heavy atom. The van der Waals surface area contributed by atoms with Crippen LogP contribution in [0.15, 0.2) is 42.7 Å². The number of nitrogens with zero attached hydrogens (tertiary/aromatic N) is 2. The van der Waals surface area contributed by atoms with E-state index in [0.717, 1.165) is 30.7 Å². The van der Waals surface area contributed by atoms with E-state index in [2.05, 4.69) is 27.4 Å². The van der Waals surface area contributed by atoms with Crippen molar-refractivity contribution in [1.82, 2.24) is 15.3 Å². The smallest absolute Gasteiger partial charge is 0.320 e. The van der Waals surface area contributed by atoms with Crippen molar-refractivity contribution in [3.05, 3.63) is 59.7 Å². The summed E-state index contributed by atoms with van der Waals surface area (Å²) in [6, 6.07) is 9.71. The van der Waals surface area contributed by atoms with Crippen LogP contribution < -0.4 is 5.32 Å². The van der Waals surface area contributed by atoms with E-state index >= 15 is 0 Å². The molecule has 1 aromatic carbocycles. The summed E-state index contributed by atoms with van der Waals surface area (Å²) in [4.78, 5) is 20.1. The lowest BCUT2D eigenvalue weighted by molar-refractivity contribution is -0.140. The molecule has 24 heavy (non-hydrogen) atoms. The van der Waals surface area contributed by atoms with Gasteiger partial charge in [-0.2, -0.15) is 0 Å². The van der Waals surface area contributed by atoms with Gasteiger partial charge in [0.1, 0.15) is 11.9 Å². The molecule has 0 amide bonds. The van der Waals surface area contributed by atoms with Crippen molar-refractivity contribution in [3.63, 3.8) is 0 Å². The lowest BCUT2D eigenvalue weighted by atomic mass is 9.99. The van der Waals surface area contributed by atoms with Crippen LogP contribution in [0.25, 0.3) is 0 Å². The van der Waals surface area contributed by atoms with E-state index in [1.807, 2.05) is 32.0 Å². The number of carboxylic acid groups (broad SMARTS) is 1. The molecule has 2 atom stereocenters. The highest BCUT2D eigenvalue weighted by Gasteiger charge is 2.22. The zero-order chi connectivity index (χ0) is 17.4. The van der Waals surface area contributed by atoms with Gasteiger partial charge < -0.3 is 5.11 Å². The van der Waals surface area contributed by atoms with Crippen molar-refractivity contribution in [2.24, 2.45) is 5.92 Å². The molecule has 2 rings (SSSR count). The van der Waals surface area contributed by atoms with E-state index in [1.165, 1.54) is 5.56 Å². The Hall–Kier alpha value is -2.27. The molecule has 0 radical (unpaired) electrons. The number of aryl methyl sites for hydroxylation is 2. The number of carbonyl (C=O) groups is 1. The summed E-state index contributed by atoms with van der Waals surface area (Å²) in [7, 11) is 0. The Morgan fingerprint density at radius 3 is 2.38 bits per heavy atom. The van der Waals surface area contributed by atoms with E-state index < -0.39 is 12.0 Å². The summed E-state index contributed by atoms with van der Waals surface area (Å²) >= 11 is 0. The first-order valence-corrected chi connectivity index (χ1v) is 8.40. The van der Waals surface area contributed by atoms with Gasteiger partial charge in [-0.25, -0.2) is 9.97 Å². The molecular weight excluding hydrogens is 302 g/mol. The maximum atomic E-state index is 11.3. The second-order valence-corrected chi connectivity index (χ2v) is 6.08. The van der Waals surface area contributed by atoms with Crippen molar-refractivity contribution in [2.75, 3.05) is 0 Å². The quantitative estimate of drug-likeness (QED) is 0.741. The molecule has 0 fully saturated rings. The first-order chi connectivity index (χ1) is 11.6. The summed E-state index contributed by atoms with van der Waals surface area (Å²) < 4.78 is 0. The van der Waals surface area contributed by atoms with Gasteiger partial charge in [0.25, 0.3) is 0 Å². The highest BCUT2D eigenvalue weighted by molar-refractivity contribution is 5.73. The largest absolute Gasteiger partial charge is 0.480 e. The predicted molar refractivity (Wildman–Crippen MR) is 93.6 cm³/mol. The lowest BCUT2D eigenvalue weighted by Gasteiger charge is -2.20. The molecule has 0 saturated heterocycles. The van der Waals surface area contributed by atoms with Crippen LogP contribution in [-0.4, -0.2) is 27.1 Å². The van der Waals surface area contributed by atoms with Crippen LogP contribution in [0.5, 0.6) is 0 Å². The predicted octanol–water partition coefficient (Wildman–Crippen LogP) is 2.85. The van der Waals surface area contributed by atoms with Crippen LogP contribution in [0.4, 0.5) is 0 Å². The van der Waals surface area contributed by atoms with Gasteiger partial charge in [-0.15, -0.1) is 0 Å². The van der Waals surface area contributed by atoms with Gasteiger partial charge in [0.15, 0.2) is 0 Å². The summed E-state index contributed by atoms with van der Waals surface area (Å²) in [5, 5.41) is 12.4. The van der Waals surface area contributed by atoms with E-state index in [1.54, 1.807) is 12.4 Å². The third-order valence-corrected chi connectivity index (χ3v) is 4.24. The number of carboxylic acids is 1. The maximum Gasteiger partial charge on any atom is 0.320 e. The molecule has 0 aliphatic rings. The average molecular weight is 327 g/mol. The fourth-order valence-corrected chi connectivity index (χ4v) is 2.50. The average Bonchev–Trinajstić information content (AvgIpc) is 2.61. The molecule has 1 heterocycles. The Kier molecular flexibility index (Phi) is 6.88. The van der Waals surface area contributed by atoms with Crippen LogP contribution in [0.1, 0.15) is 37.2 Å². The van der Waals surface area contributed by atoms with Gasteiger partial charge in [-0.05, 0) is 17.9 Å². The molecule has 0 bridgehead atoms. The molecule has 5 nitrogen and oxygen atoms in total. The number of benzene rings is 1. The number of hydrogen-bond donors (Lipinski definition) is 2. The fraction of sp³-hybridized carbons (Fsp3) is 0.421. The Morgan fingerprint density at radius 2 is 1.79 bits per heavy atom. The van der Waals surface area contributed by atoms with Crippen molar-refractivity contribution in [1.29, 1.82) is 0 Å². The highest BCUT2D eigenvalue weighted by Crippen LogP contribution is 2.09. The van der Waals surface area contributed by atoms with Gasteiger partial charge in [0.05, 0.1) is 0 Å². The number of aliphatic carboxylic acids is 1. The Labute approximate surface area is 143 Å². The fourth-order valence-electron chi connectivity index (χ4n) is 2.50. The zero-order valence-electron chi connectivity index (χ0n) is 14.3. The van der Waals surface area contributed by atoms with Crippen LogP contribution in [0.3, 0.4) is 0 Å². The van der Waals surface area contributed by atoms with Crippen molar-refractivity contribution < 1.29 is 9.90 Å². The first-order valence-electron chi connectivity index (χ1n) is 8.40. The molecule has 1 aromatic heterocycles. The van der Waals surface area contributed by atoms with Gasteiger partial charge in [0.2, 0.25) is 0 Å². The second kappa shape index (κ2) is 9.13. The third kappa shape index (κ3) is 5.42. The summed E-state index contributed by atoms with van der Waals surface area (Å²) in [5.74, 6) is 0.0672. The molecule has 5 heteroatoms. The standard InChI is InChI=1S/C19H25N3O2/c1-3-14(2)18(19(23)24)22-13-16-11-20-17(21-12-16)10-9-15-7-5-4-6-8-15/h4-8,11-12,14,18,22H,3,9-10,13H2,1-2H3,(H,23,24)/t14-,18+/m1/s1. The van der Waals surface area contributed by atoms with Gasteiger partial charge in [-0.3, -0.25) is 10.1 Å². The number of nitrogens with one attached hydrogen (secondary N) is 1.